The second-order valence-electron chi connectivity index (χ2n) is 5.28. The Hall–Kier alpha value is -2.96. The number of benzene rings is 2. The summed E-state index contributed by atoms with van der Waals surface area (Å²) in [5, 5.41) is 0.729. The van der Waals surface area contributed by atoms with Crippen molar-refractivity contribution < 1.29 is 27.4 Å². The number of hydrogen-bond acceptors (Lipinski definition) is 3. The minimum absolute atomic E-state index is 0.274. The van der Waals surface area contributed by atoms with Crippen LogP contribution in [0.15, 0.2) is 48.5 Å². The number of hydrogen-bond donors (Lipinski definition) is 1. The Bertz CT molecular complexity index is 898. The number of esters is 1. The molecule has 1 N–H and O–H groups in total. The maximum Gasteiger partial charge on any atom is 0.416 e. The number of carbonyl (C=O) groups is 1. The van der Waals surface area contributed by atoms with Crippen molar-refractivity contribution >= 4 is 16.9 Å². The van der Waals surface area contributed by atoms with Gasteiger partial charge < -0.3 is 14.5 Å². The molecule has 0 aliphatic heterocycles. The van der Waals surface area contributed by atoms with Crippen molar-refractivity contribution in [3.63, 3.8) is 0 Å². The summed E-state index contributed by atoms with van der Waals surface area (Å²) in [6.07, 6.45) is -4.38. The maximum atomic E-state index is 12.6. The Labute approximate surface area is 141 Å². The summed E-state index contributed by atoms with van der Waals surface area (Å²) in [4.78, 5) is 14.7. The van der Waals surface area contributed by atoms with Crippen molar-refractivity contribution in [2.45, 2.75) is 13.1 Å². The molecule has 2 aromatic carbocycles. The van der Waals surface area contributed by atoms with Gasteiger partial charge in [-0.1, -0.05) is 0 Å². The van der Waals surface area contributed by atoms with E-state index in [1.165, 1.54) is 12.1 Å². The highest BCUT2D eigenvalue weighted by molar-refractivity contribution is 5.95. The van der Waals surface area contributed by atoms with Gasteiger partial charge in [0.25, 0.3) is 0 Å². The van der Waals surface area contributed by atoms with Crippen LogP contribution in [0.1, 0.15) is 23.0 Å². The molecular weight excluding hydrogens is 335 g/mol. The lowest BCUT2D eigenvalue weighted by atomic mass is 10.2. The molecule has 7 heteroatoms. The molecule has 0 aliphatic carbocycles. The topological polar surface area (TPSA) is 51.3 Å². The minimum atomic E-state index is -4.38. The summed E-state index contributed by atoms with van der Waals surface area (Å²) in [7, 11) is 0. The van der Waals surface area contributed by atoms with Crippen LogP contribution >= 0.6 is 0 Å². The number of halogens is 3. The van der Waals surface area contributed by atoms with Gasteiger partial charge in [0.05, 0.1) is 12.2 Å². The zero-order chi connectivity index (χ0) is 18.0. The highest BCUT2D eigenvalue weighted by atomic mass is 19.4. The average molecular weight is 349 g/mol. The first-order valence-electron chi connectivity index (χ1n) is 7.52. The monoisotopic (exact) mass is 349 g/mol. The Morgan fingerprint density at radius 2 is 1.72 bits per heavy atom. The number of alkyl halides is 3. The fourth-order valence-electron chi connectivity index (χ4n) is 2.34. The van der Waals surface area contributed by atoms with E-state index in [0.717, 1.165) is 23.0 Å². The first kappa shape index (κ1) is 16.9. The molecule has 0 amide bonds. The molecule has 3 aromatic rings. The van der Waals surface area contributed by atoms with Crippen LogP contribution < -0.4 is 4.74 Å². The van der Waals surface area contributed by atoms with Crippen LogP contribution in [0.5, 0.6) is 11.5 Å². The maximum absolute atomic E-state index is 12.6. The lowest BCUT2D eigenvalue weighted by Crippen LogP contribution is -2.04. The van der Waals surface area contributed by atoms with Gasteiger partial charge >= 0.3 is 12.1 Å². The number of H-pyrrole nitrogens is 1. The predicted octanol–water partition coefficient (Wildman–Crippen LogP) is 5.16. The van der Waals surface area contributed by atoms with E-state index in [9.17, 15) is 18.0 Å². The van der Waals surface area contributed by atoms with Crippen molar-refractivity contribution in [1.82, 2.24) is 4.98 Å². The van der Waals surface area contributed by atoms with E-state index in [0.29, 0.717) is 11.4 Å². The SMILES string of the molecule is CCOC(=O)c1cc2cc(Oc3ccc(C(F)(F)F)cc3)ccc2[nH]1. The Morgan fingerprint density at radius 1 is 1.04 bits per heavy atom. The summed E-state index contributed by atoms with van der Waals surface area (Å²) in [6.45, 7) is 1.99. The van der Waals surface area contributed by atoms with Gasteiger partial charge in [0.1, 0.15) is 17.2 Å². The zero-order valence-corrected chi connectivity index (χ0v) is 13.2. The number of carbonyl (C=O) groups excluding carboxylic acids is 1. The van der Waals surface area contributed by atoms with Crippen molar-refractivity contribution in [3.8, 4) is 11.5 Å². The van der Waals surface area contributed by atoms with E-state index in [2.05, 4.69) is 4.98 Å². The number of nitrogens with one attached hydrogen (secondary N) is 1. The summed E-state index contributed by atoms with van der Waals surface area (Å²) < 4.78 is 48.2. The summed E-state index contributed by atoms with van der Waals surface area (Å²) >= 11 is 0. The zero-order valence-electron chi connectivity index (χ0n) is 13.2. The molecule has 25 heavy (non-hydrogen) atoms. The highest BCUT2D eigenvalue weighted by Crippen LogP contribution is 2.32. The molecule has 0 bridgehead atoms. The van der Waals surface area contributed by atoms with Gasteiger partial charge in [-0.3, -0.25) is 0 Å². The third-order valence-electron chi connectivity index (χ3n) is 3.50. The number of ether oxygens (including phenoxy) is 2. The second-order valence-corrected chi connectivity index (χ2v) is 5.28. The molecule has 130 valence electrons. The molecule has 4 nitrogen and oxygen atoms in total. The van der Waals surface area contributed by atoms with Gasteiger partial charge in [0.2, 0.25) is 0 Å². The molecule has 1 heterocycles. The van der Waals surface area contributed by atoms with Crippen LogP contribution in [0.2, 0.25) is 0 Å². The highest BCUT2D eigenvalue weighted by Gasteiger charge is 2.30. The van der Waals surface area contributed by atoms with Gasteiger partial charge in [-0.25, -0.2) is 4.79 Å². The molecule has 0 atom stereocenters. The van der Waals surface area contributed by atoms with Gasteiger partial charge in [0, 0.05) is 10.9 Å². The first-order valence-corrected chi connectivity index (χ1v) is 7.52. The van der Waals surface area contributed by atoms with Crippen LogP contribution in [0.25, 0.3) is 10.9 Å². The smallest absolute Gasteiger partial charge is 0.416 e. The molecule has 0 radical (unpaired) electrons. The van der Waals surface area contributed by atoms with Crippen LogP contribution in [-0.4, -0.2) is 17.6 Å². The minimum Gasteiger partial charge on any atom is -0.461 e. The third-order valence-corrected chi connectivity index (χ3v) is 3.50. The normalized spacial score (nSPS) is 11.5. The number of aromatic nitrogens is 1. The summed E-state index contributed by atoms with van der Waals surface area (Å²) in [5.41, 5.74) is 0.311. The van der Waals surface area contributed by atoms with Crippen molar-refractivity contribution in [2.24, 2.45) is 0 Å². The standard InChI is InChI=1S/C18H14F3NO3/c1-2-24-17(23)16-10-11-9-14(7-8-15(11)22-16)25-13-5-3-12(4-6-13)18(19,20)21/h3-10,22H,2H2,1H3. The van der Waals surface area contributed by atoms with Gasteiger partial charge in [0.15, 0.2) is 0 Å². The Kier molecular flexibility index (Phi) is 4.39. The van der Waals surface area contributed by atoms with Crippen LogP contribution in [-0.2, 0) is 10.9 Å². The van der Waals surface area contributed by atoms with Gasteiger partial charge in [-0.15, -0.1) is 0 Å². The molecule has 3 rings (SSSR count). The molecule has 0 saturated heterocycles. The van der Waals surface area contributed by atoms with E-state index >= 15 is 0 Å². The molecule has 0 fully saturated rings. The largest absolute Gasteiger partial charge is 0.461 e. The number of aromatic amines is 1. The fraction of sp³-hybridized carbons (Fsp3) is 0.167. The van der Waals surface area contributed by atoms with E-state index < -0.39 is 17.7 Å². The first-order chi connectivity index (χ1) is 11.9. The molecule has 0 aliphatic rings. The van der Waals surface area contributed by atoms with E-state index in [4.69, 9.17) is 9.47 Å². The molecule has 0 saturated carbocycles. The quantitative estimate of drug-likeness (QED) is 0.662. The molecular formula is C18H14F3NO3. The van der Waals surface area contributed by atoms with Crippen molar-refractivity contribution in [2.75, 3.05) is 6.61 Å². The summed E-state index contributed by atoms with van der Waals surface area (Å²) in [5.74, 6) is 0.277. The Balaban J connectivity index is 1.81. The predicted molar refractivity (Wildman–Crippen MR) is 85.8 cm³/mol. The summed E-state index contributed by atoms with van der Waals surface area (Å²) in [6, 6.07) is 11.1. The van der Waals surface area contributed by atoms with E-state index in [-0.39, 0.29) is 12.4 Å². The van der Waals surface area contributed by atoms with Gasteiger partial charge in [-0.2, -0.15) is 13.2 Å². The third kappa shape index (κ3) is 3.76. The molecule has 0 unspecified atom stereocenters. The van der Waals surface area contributed by atoms with Crippen LogP contribution in [0.4, 0.5) is 13.2 Å². The molecule has 1 aromatic heterocycles. The number of fused-ring (bicyclic) bond motifs is 1. The van der Waals surface area contributed by atoms with E-state index in [1.807, 2.05) is 0 Å². The lowest BCUT2D eigenvalue weighted by Gasteiger charge is -2.09. The number of rotatable bonds is 4. The van der Waals surface area contributed by atoms with Crippen LogP contribution in [0, 0.1) is 0 Å². The van der Waals surface area contributed by atoms with Gasteiger partial charge in [-0.05, 0) is 55.5 Å². The van der Waals surface area contributed by atoms with Crippen molar-refractivity contribution in [1.29, 1.82) is 0 Å². The Morgan fingerprint density at radius 3 is 2.36 bits per heavy atom. The second kappa shape index (κ2) is 6.51. The van der Waals surface area contributed by atoms with Crippen molar-refractivity contribution in [3.05, 3.63) is 59.8 Å². The van der Waals surface area contributed by atoms with E-state index in [1.54, 1.807) is 31.2 Å². The fourth-order valence-corrected chi connectivity index (χ4v) is 2.34. The average Bonchev–Trinajstić information content (AvgIpc) is 2.98. The molecule has 0 spiro atoms. The lowest BCUT2D eigenvalue weighted by molar-refractivity contribution is -0.137. The van der Waals surface area contributed by atoms with Crippen LogP contribution in [0.3, 0.4) is 0 Å².